The molecule has 0 atom stereocenters. The lowest BCUT2D eigenvalue weighted by molar-refractivity contribution is 0.358. The average molecular weight is 258 g/mol. The number of likely N-dealkylation sites (N-methyl/N-ethyl adjacent to an activating group) is 2. The molecule has 0 spiro atoms. The predicted octanol–water partition coefficient (Wildman–Crippen LogP) is -0.154. The predicted molar refractivity (Wildman–Crippen MR) is 67.0 cm³/mol. The van der Waals surface area contributed by atoms with Crippen LogP contribution >= 0.6 is 0 Å². The Hall–Kier alpha value is -1.18. The summed E-state index contributed by atoms with van der Waals surface area (Å²) in [5, 5.41) is 0. The van der Waals surface area contributed by atoms with Gasteiger partial charge in [-0.25, -0.2) is 8.42 Å². The van der Waals surface area contributed by atoms with E-state index in [1.54, 1.807) is 0 Å². The number of nitrogens with zero attached hydrogens (tertiary/aromatic N) is 3. The van der Waals surface area contributed by atoms with E-state index >= 15 is 0 Å². The van der Waals surface area contributed by atoms with Gasteiger partial charge in [0.15, 0.2) is 0 Å². The minimum Gasteiger partial charge on any atom is -0.398 e. The van der Waals surface area contributed by atoms with Crippen LogP contribution in [0.3, 0.4) is 0 Å². The monoisotopic (exact) mass is 258 g/mol. The van der Waals surface area contributed by atoms with Crippen LogP contribution in [0.2, 0.25) is 0 Å². The zero-order valence-corrected chi connectivity index (χ0v) is 11.1. The highest BCUT2D eigenvalue weighted by atomic mass is 32.2. The summed E-state index contributed by atoms with van der Waals surface area (Å²) in [6, 6.07) is 1.48. The third-order valence-electron chi connectivity index (χ3n) is 2.37. The molecule has 0 aromatic carbocycles. The normalized spacial score (nSPS) is 12.3. The Labute approximate surface area is 102 Å². The van der Waals surface area contributed by atoms with Crippen LogP contribution in [-0.2, 0) is 10.0 Å². The molecule has 0 saturated heterocycles. The molecule has 0 aliphatic carbocycles. The molecule has 1 rings (SSSR count). The largest absolute Gasteiger partial charge is 0.398 e. The SMILES string of the molecule is CN(C)CCN(C)S(=O)(=O)c1cnccc1N. The maximum absolute atomic E-state index is 12.2. The Morgan fingerprint density at radius 1 is 1.29 bits per heavy atom. The molecule has 0 amide bonds. The first kappa shape index (κ1) is 13.9. The van der Waals surface area contributed by atoms with E-state index in [0.717, 1.165) is 0 Å². The molecule has 1 heterocycles. The van der Waals surface area contributed by atoms with Crippen molar-refractivity contribution in [3.63, 3.8) is 0 Å². The Bertz CT molecular complexity index is 473. The minimum absolute atomic E-state index is 0.0567. The molecule has 0 radical (unpaired) electrons. The Morgan fingerprint density at radius 3 is 2.47 bits per heavy atom. The van der Waals surface area contributed by atoms with Gasteiger partial charge in [-0.15, -0.1) is 0 Å². The number of anilines is 1. The van der Waals surface area contributed by atoms with Gasteiger partial charge < -0.3 is 10.6 Å². The second-order valence-electron chi connectivity index (χ2n) is 4.04. The number of aromatic nitrogens is 1. The lowest BCUT2D eigenvalue weighted by atomic mass is 10.4. The van der Waals surface area contributed by atoms with Crippen LogP contribution in [0.15, 0.2) is 23.4 Å². The van der Waals surface area contributed by atoms with E-state index in [4.69, 9.17) is 5.73 Å². The van der Waals surface area contributed by atoms with Gasteiger partial charge in [0.05, 0.1) is 5.69 Å². The second-order valence-corrected chi connectivity index (χ2v) is 6.06. The van der Waals surface area contributed by atoms with Crippen molar-refractivity contribution in [3.8, 4) is 0 Å². The van der Waals surface area contributed by atoms with E-state index < -0.39 is 10.0 Å². The molecule has 7 heteroatoms. The average Bonchev–Trinajstić information content (AvgIpc) is 2.26. The van der Waals surface area contributed by atoms with Crippen LogP contribution in [-0.4, -0.2) is 56.8 Å². The van der Waals surface area contributed by atoms with Gasteiger partial charge in [-0.1, -0.05) is 0 Å². The molecule has 17 heavy (non-hydrogen) atoms. The van der Waals surface area contributed by atoms with E-state index in [0.29, 0.717) is 13.1 Å². The van der Waals surface area contributed by atoms with Crippen LogP contribution < -0.4 is 5.73 Å². The molecule has 1 aromatic heterocycles. The number of nitrogen functional groups attached to an aromatic ring is 1. The summed E-state index contributed by atoms with van der Waals surface area (Å²) < 4.78 is 25.6. The van der Waals surface area contributed by atoms with E-state index in [-0.39, 0.29) is 10.6 Å². The van der Waals surface area contributed by atoms with Gasteiger partial charge in [-0.2, -0.15) is 4.31 Å². The highest BCUT2D eigenvalue weighted by Gasteiger charge is 2.23. The van der Waals surface area contributed by atoms with Gasteiger partial charge >= 0.3 is 0 Å². The highest BCUT2D eigenvalue weighted by molar-refractivity contribution is 7.89. The van der Waals surface area contributed by atoms with E-state index in [9.17, 15) is 8.42 Å². The molecule has 0 unspecified atom stereocenters. The molecule has 0 fully saturated rings. The molecule has 0 bridgehead atoms. The highest BCUT2D eigenvalue weighted by Crippen LogP contribution is 2.19. The van der Waals surface area contributed by atoms with Gasteiger partial charge in [0.1, 0.15) is 4.90 Å². The summed E-state index contributed by atoms with van der Waals surface area (Å²) in [6.45, 7) is 1.06. The second kappa shape index (κ2) is 5.44. The molecule has 1 aromatic rings. The van der Waals surface area contributed by atoms with Crippen LogP contribution in [0.1, 0.15) is 0 Å². The standard InChI is InChI=1S/C10H18N4O2S/c1-13(2)6-7-14(3)17(15,16)10-8-12-5-4-9(10)11/h4-5,8H,6-7H2,1-3H3,(H2,11,12). The first-order chi connectivity index (χ1) is 7.85. The number of nitrogens with two attached hydrogens (primary N) is 1. The molecule has 96 valence electrons. The Kier molecular flexibility index (Phi) is 4.44. The van der Waals surface area contributed by atoms with E-state index in [1.807, 2.05) is 19.0 Å². The third kappa shape index (κ3) is 3.39. The van der Waals surface area contributed by atoms with Gasteiger partial charge in [0, 0.05) is 32.5 Å². The summed E-state index contributed by atoms with van der Waals surface area (Å²) in [5.74, 6) is 0. The lowest BCUT2D eigenvalue weighted by Gasteiger charge is -2.19. The molecule has 0 aliphatic heterocycles. The van der Waals surface area contributed by atoms with Crippen LogP contribution in [0.5, 0.6) is 0 Å². The molecule has 6 nitrogen and oxygen atoms in total. The molecular formula is C10H18N4O2S. The Balaban J connectivity index is 2.92. The number of hydrogen-bond donors (Lipinski definition) is 1. The van der Waals surface area contributed by atoms with Crippen molar-refractivity contribution in [1.82, 2.24) is 14.2 Å². The number of rotatable bonds is 5. The van der Waals surface area contributed by atoms with Gasteiger partial charge in [-0.3, -0.25) is 4.98 Å². The van der Waals surface area contributed by atoms with Crippen LogP contribution in [0.4, 0.5) is 5.69 Å². The topological polar surface area (TPSA) is 79.5 Å². The third-order valence-corrected chi connectivity index (χ3v) is 4.27. The number of hydrogen-bond acceptors (Lipinski definition) is 5. The maximum Gasteiger partial charge on any atom is 0.246 e. The summed E-state index contributed by atoms with van der Waals surface area (Å²) >= 11 is 0. The fraction of sp³-hybridized carbons (Fsp3) is 0.500. The molecule has 2 N–H and O–H groups in total. The van der Waals surface area contributed by atoms with Gasteiger partial charge in [-0.05, 0) is 20.2 Å². The zero-order chi connectivity index (χ0) is 13.1. The van der Waals surface area contributed by atoms with Crippen molar-refractivity contribution in [2.24, 2.45) is 0 Å². The van der Waals surface area contributed by atoms with Crippen molar-refractivity contribution >= 4 is 15.7 Å². The summed E-state index contributed by atoms with van der Waals surface area (Å²) in [7, 11) is 1.76. The zero-order valence-electron chi connectivity index (χ0n) is 10.3. The fourth-order valence-electron chi connectivity index (χ4n) is 1.24. The van der Waals surface area contributed by atoms with Crippen molar-refractivity contribution in [2.75, 3.05) is 40.0 Å². The van der Waals surface area contributed by atoms with Crippen LogP contribution in [0.25, 0.3) is 0 Å². The molecular weight excluding hydrogens is 240 g/mol. The molecule has 0 aliphatic rings. The van der Waals surface area contributed by atoms with Gasteiger partial charge in [0.25, 0.3) is 0 Å². The number of sulfonamides is 1. The maximum atomic E-state index is 12.2. The van der Waals surface area contributed by atoms with E-state index in [2.05, 4.69) is 4.98 Å². The van der Waals surface area contributed by atoms with Crippen molar-refractivity contribution in [3.05, 3.63) is 18.5 Å². The van der Waals surface area contributed by atoms with Crippen LogP contribution in [0, 0.1) is 0 Å². The summed E-state index contributed by atoms with van der Waals surface area (Å²) in [5.41, 5.74) is 5.86. The van der Waals surface area contributed by atoms with Crippen molar-refractivity contribution in [1.29, 1.82) is 0 Å². The Morgan fingerprint density at radius 2 is 1.94 bits per heavy atom. The first-order valence-corrected chi connectivity index (χ1v) is 6.60. The minimum atomic E-state index is -3.55. The quantitative estimate of drug-likeness (QED) is 0.794. The smallest absolute Gasteiger partial charge is 0.246 e. The van der Waals surface area contributed by atoms with Crippen molar-refractivity contribution < 1.29 is 8.42 Å². The molecule has 0 saturated carbocycles. The van der Waals surface area contributed by atoms with E-state index in [1.165, 1.54) is 29.8 Å². The summed E-state index contributed by atoms with van der Waals surface area (Å²) in [4.78, 5) is 5.77. The van der Waals surface area contributed by atoms with Crippen molar-refractivity contribution in [2.45, 2.75) is 4.90 Å². The first-order valence-electron chi connectivity index (χ1n) is 5.16. The van der Waals surface area contributed by atoms with Gasteiger partial charge in [0.2, 0.25) is 10.0 Å². The summed E-state index contributed by atoms with van der Waals surface area (Å²) in [6.07, 6.45) is 2.74. The lowest BCUT2D eigenvalue weighted by Crippen LogP contribution is -2.33. The number of pyridine rings is 1. The fourth-order valence-corrected chi connectivity index (χ4v) is 2.45.